The van der Waals surface area contributed by atoms with Crippen LogP contribution in [0.2, 0.25) is 0 Å². The summed E-state index contributed by atoms with van der Waals surface area (Å²) in [4.78, 5) is 22.5. The molecule has 2 rings (SSSR count). The Morgan fingerprint density at radius 3 is 2.95 bits per heavy atom. The van der Waals surface area contributed by atoms with Crippen LogP contribution in [-0.4, -0.2) is 37.1 Å². The molecule has 1 aliphatic heterocycles. The minimum absolute atomic E-state index is 0.0123. The Morgan fingerprint density at radius 1 is 1.58 bits per heavy atom. The molecule has 1 fully saturated rings. The third-order valence-electron chi connectivity index (χ3n) is 3.04. The van der Waals surface area contributed by atoms with E-state index in [2.05, 4.69) is 10.6 Å². The molecule has 0 saturated carbocycles. The molecule has 7 heteroatoms. The number of nitrogens with zero attached hydrogens (tertiary/aromatic N) is 1. The molecule has 1 saturated heterocycles. The SMILES string of the molecule is COc1ccc([N+](=O)[O-])c(C(=O)NC2CCNC2)c1. The molecule has 0 bridgehead atoms. The summed E-state index contributed by atoms with van der Waals surface area (Å²) < 4.78 is 4.99. The summed E-state index contributed by atoms with van der Waals surface area (Å²) >= 11 is 0. The predicted octanol–water partition coefficient (Wildman–Crippen LogP) is 0.695. The highest BCUT2D eigenvalue weighted by Gasteiger charge is 2.24. The van der Waals surface area contributed by atoms with E-state index in [1.807, 2.05) is 0 Å². The molecule has 102 valence electrons. The minimum Gasteiger partial charge on any atom is -0.497 e. The summed E-state index contributed by atoms with van der Waals surface area (Å²) in [5, 5.41) is 16.8. The van der Waals surface area contributed by atoms with Crippen LogP contribution in [0, 0.1) is 10.1 Å². The zero-order valence-electron chi connectivity index (χ0n) is 10.5. The topological polar surface area (TPSA) is 93.5 Å². The van der Waals surface area contributed by atoms with E-state index in [1.54, 1.807) is 0 Å². The summed E-state index contributed by atoms with van der Waals surface area (Å²) in [6, 6.07) is 4.14. The van der Waals surface area contributed by atoms with Crippen molar-refractivity contribution in [3.05, 3.63) is 33.9 Å². The largest absolute Gasteiger partial charge is 0.497 e. The van der Waals surface area contributed by atoms with Gasteiger partial charge < -0.3 is 15.4 Å². The Labute approximate surface area is 110 Å². The quantitative estimate of drug-likeness (QED) is 0.617. The Kier molecular flexibility index (Phi) is 3.96. The molecule has 0 spiro atoms. The van der Waals surface area contributed by atoms with Crippen LogP contribution in [0.4, 0.5) is 5.69 Å². The summed E-state index contributed by atoms with van der Waals surface area (Å²) in [7, 11) is 1.45. The number of rotatable bonds is 4. The highest BCUT2D eigenvalue weighted by Crippen LogP contribution is 2.24. The number of amides is 1. The van der Waals surface area contributed by atoms with E-state index in [9.17, 15) is 14.9 Å². The number of benzene rings is 1. The summed E-state index contributed by atoms with van der Waals surface area (Å²) in [5.74, 6) is -0.0282. The molecular formula is C12H15N3O4. The van der Waals surface area contributed by atoms with Gasteiger partial charge in [-0.1, -0.05) is 0 Å². The maximum atomic E-state index is 12.1. The Morgan fingerprint density at radius 2 is 2.37 bits per heavy atom. The van der Waals surface area contributed by atoms with Gasteiger partial charge in [-0.3, -0.25) is 14.9 Å². The maximum Gasteiger partial charge on any atom is 0.282 e. The zero-order valence-corrected chi connectivity index (χ0v) is 10.5. The van der Waals surface area contributed by atoms with E-state index in [-0.39, 0.29) is 17.3 Å². The lowest BCUT2D eigenvalue weighted by Gasteiger charge is -2.12. The van der Waals surface area contributed by atoms with Crippen LogP contribution < -0.4 is 15.4 Å². The fraction of sp³-hybridized carbons (Fsp3) is 0.417. The molecule has 19 heavy (non-hydrogen) atoms. The van der Waals surface area contributed by atoms with Crippen LogP contribution in [0.15, 0.2) is 18.2 Å². The van der Waals surface area contributed by atoms with Gasteiger partial charge in [0.15, 0.2) is 0 Å². The first-order valence-corrected chi connectivity index (χ1v) is 5.96. The smallest absolute Gasteiger partial charge is 0.282 e. The lowest BCUT2D eigenvalue weighted by molar-refractivity contribution is -0.385. The number of nitro benzene ring substituents is 1. The lowest BCUT2D eigenvalue weighted by Crippen LogP contribution is -2.36. The van der Waals surface area contributed by atoms with Crippen LogP contribution in [0.5, 0.6) is 5.75 Å². The first-order valence-electron chi connectivity index (χ1n) is 5.96. The van der Waals surface area contributed by atoms with E-state index in [0.717, 1.165) is 13.0 Å². The number of nitrogens with one attached hydrogen (secondary N) is 2. The van der Waals surface area contributed by atoms with Gasteiger partial charge in [-0.2, -0.15) is 0 Å². The number of methoxy groups -OCH3 is 1. The molecule has 2 N–H and O–H groups in total. The van der Waals surface area contributed by atoms with E-state index < -0.39 is 10.8 Å². The zero-order chi connectivity index (χ0) is 13.8. The van der Waals surface area contributed by atoms with Crippen molar-refractivity contribution in [2.45, 2.75) is 12.5 Å². The highest BCUT2D eigenvalue weighted by atomic mass is 16.6. The molecule has 7 nitrogen and oxygen atoms in total. The van der Waals surface area contributed by atoms with Crippen LogP contribution in [0.25, 0.3) is 0 Å². The highest BCUT2D eigenvalue weighted by molar-refractivity contribution is 5.98. The van der Waals surface area contributed by atoms with Gasteiger partial charge in [0.2, 0.25) is 0 Å². The normalized spacial score (nSPS) is 18.1. The first-order chi connectivity index (χ1) is 9.11. The van der Waals surface area contributed by atoms with E-state index in [4.69, 9.17) is 4.74 Å². The summed E-state index contributed by atoms with van der Waals surface area (Å²) in [6.07, 6.45) is 0.823. The van der Waals surface area contributed by atoms with Crippen molar-refractivity contribution in [3.63, 3.8) is 0 Å². The van der Waals surface area contributed by atoms with Crippen LogP contribution >= 0.6 is 0 Å². The van der Waals surface area contributed by atoms with E-state index in [1.165, 1.54) is 25.3 Å². The average molecular weight is 265 g/mol. The van der Waals surface area contributed by atoms with Crippen molar-refractivity contribution in [3.8, 4) is 5.75 Å². The van der Waals surface area contributed by atoms with E-state index >= 15 is 0 Å². The fourth-order valence-electron chi connectivity index (χ4n) is 2.02. The molecule has 0 aliphatic carbocycles. The van der Waals surface area contributed by atoms with Gasteiger partial charge in [-0.05, 0) is 25.1 Å². The van der Waals surface area contributed by atoms with Crippen molar-refractivity contribution >= 4 is 11.6 Å². The third kappa shape index (κ3) is 3.00. The van der Waals surface area contributed by atoms with Crippen LogP contribution in [0.3, 0.4) is 0 Å². The Bertz CT molecular complexity index is 498. The van der Waals surface area contributed by atoms with Gasteiger partial charge in [0.05, 0.1) is 12.0 Å². The van der Waals surface area contributed by atoms with Gasteiger partial charge in [-0.15, -0.1) is 0 Å². The molecule has 1 aromatic carbocycles. The molecule has 1 amide bonds. The summed E-state index contributed by atoms with van der Waals surface area (Å²) in [5.41, 5.74) is -0.194. The first kappa shape index (κ1) is 13.3. The van der Waals surface area contributed by atoms with Crippen molar-refractivity contribution in [2.75, 3.05) is 20.2 Å². The minimum atomic E-state index is -0.568. The Balaban J connectivity index is 2.24. The second kappa shape index (κ2) is 5.66. The molecule has 1 heterocycles. The van der Waals surface area contributed by atoms with Crippen molar-refractivity contribution in [1.29, 1.82) is 0 Å². The number of ether oxygens (including phenoxy) is 1. The molecule has 0 radical (unpaired) electrons. The monoisotopic (exact) mass is 265 g/mol. The Hall–Kier alpha value is -2.15. The van der Waals surface area contributed by atoms with Crippen LogP contribution in [0.1, 0.15) is 16.8 Å². The predicted molar refractivity (Wildman–Crippen MR) is 68.4 cm³/mol. The van der Waals surface area contributed by atoms with Crippen molar-refractivity contribution < 1.29 is 14.5 Å². The number of carbonyl (C=O) groups is 1. The molecule has 1 aliphatic rings. The average Bonchev–Trinajstić information content (AvgIpc) is 2.90. The van der Waals surface area contributed by atoms with Gasteiger partial charge in [0.1, 0.15) is 11.3 Å². The van der Waals surface area contributed by atoms with Crippen LogP contribution in [-0.2, 0) is 0 Å². The van der Waals surface area contributed by atoms with Gasteiger partial charge >= 0.3 is 0 Å². The van der Waals surface area contributed by atoms with E-state index in [0.29, 0.717) is 12.3 Å². The third-order valence-corrected chi connectivity index (χ3v) is 3.04. The second-order valence-corrected chi connectivity index (χ2v) is 4.30. The van der Waals surface area contributed by atoms with Gasteiger partial charge in [0.25, 0.3) is 11.6 Å². The standard InChI is InChI=1S/C12H15N3O4/c1-19-9-2-3-11(15(17)18)10(6-9)12(16)14-8-4-5-13-7-8/h2-3,6,8,13H,4-5,7H2,1H3,(H,14,16). The number of hydrogen-bond acceptors (Lipinski definition) is 5. The van der Waals surface area contributed by atoms with Crippen molar-refractivity contribution in [2.24, 2.45) is 0 Å². The molecule has 0 aromatic heterocycles. The van der Waals surface area contributed by atoms with Crippen molar-refractivity contribution in [1.82, 2.24) is 10.6 Å². The number of nitro groups is 1. The molecular weight excluding hydrogens is 250 g/mol. The summed E-state index contributed by atoms with van der Waals surface area (Å²) in [6.45, 7) is 1.52. The fourth-order valence-corrected chi connectivity index (χ4v) is 2.02. The molecule has 1 aromatic rings. The number of carbonyl (C=O) groups excluding carboxylic acids is 1. The van der Waals surface area contributed by atoms with Gasteiger partial charge in [0, 0.05) is 18.7 Å². The molecule has 1 atom stereocenters. The number of hydrogen-bond donors (Lipinski definition) is 2. The maximum absolute atomic E-state index is 12.1. The second-order valence-electron chi connectivity index (χ2n) is 4.30. The lowest BCUT2D eigenvalue weighted by atomic mass is 10.1. The molecule has 1 unspecified atom stereocenters. The van der Waals surface area contributed by atoms with Gasteiger partial charge in [-0.25, -0.2) is 0 Å².